The molecule has 1 amide bonds. The average molecular weight is 251 g/mol. The van der Waals surface area contributed by atoms with E-state index in [1.165, 1.54) is 30.1 Å². The number of amides is 1. The first kappa shape index (κ1) is 11.8. The molecule has 4 nitrogen and oxygen atoms in total. The summed E-state index contributed by atoms with van der Waals surface area (Å²) in [4.78, 5) is 11.0. The molecule has 0 radical (unpaired) electrons. The summed E-state index contributed by atoms with van der Waals surface area (Å²) in [6.07, 6.45) is 2.01. The lowest BCUT2D eigenvalue weighted by molar-refractivity contribution is -0.119. The van der Waals surface area contributed by atoms with Crippen molar-refractivity contribution in [1.29, 1.82) is 0 Å². The van der Waals surface area contributed by atoms with Crippen LogP contribution in [0.3, 0.4) is 0 Å². The lowest BCUT2D eigenvalue weighted by atomic mass is 10.2. The van der Waals surface area contributed by atoms with E-state index in [1.807, 2.05) is 0 Å². The Kier molecular flexibility index (Phi) is 3.87. The molecule has 0 spiro atoms. The average Bonchev–Trinajstić information content (AvgIpc) is 2.32. The van der Waals surface area contributed by atoms with Crippen LogP contribution in [0.4, 0.5) is 4.39 Å². The SMILES string of the molecule is O=C1CCS/C(=N/N=C\c2ccc(F)cc2)N1. The maximum absolute atomic E-state index is 12.6. The molecule has 17 heavy (non-hydrogen) atoms. The van der Waals surface area contributed by atoms with E-state index >= 15 is 0 Å². The summed E-state index contributed by atoms with van der Waals surface area (Å²) < 4.78 is 12.6. The molecule has 1 heterocycles. The van der Waals surface area contributed by atoms with Gasteiger partial charge in [-0.05, 0) is 17.7 Å². The lowest BCUT2D eigenvalue weighted by Crippen LogP contribution is -2.32. The molecule has 0 atom stereocenters. The second-order valence-corrected chi connectivity index (χ2v) is 4.43. The Morgan fingerprint density at radius 1 is 1.35 bits per heavy atom. The predicted molar refractivity (Wildman–Crippen MR) is 66.6 cm³/mol. The number of amidine groups is 1. The van der Waals surface area contributed by atoms with E-state index in [1.54, 1.807) is 12.1 Å². The van der Waals surface area contributed by atoms with Crippen molar-refractivity contribution >= 4 is 29.1 Å². The molecule has 88 valence electrons. The molecule has 1 fully saturated rings. The standard InChI is InChI=1S/C11H10FN3OS/c12-9-3-1-8(2-4-9)7-13-15-11-14-10(16)5-6-17-11/h1-4,7H,5-6H2,(H,14,15,16)/b13-7-. The molecule has 1 aromatic carbocycles. The number of carbonyl (C=O) groups is 1. The van der Waals surface area contributed by atoms with Crippen LogP contribution in [0.5, 0.6) is 0 Å². The van der Waals surface area contributed by atoms with Gasteiger partial charge in [0.05, 0.1) is 6.21 Å². The zero-order chi connectivity index (χ0) is 12.1. The molecule has 0 saturated carbocycles. The first-order chi connectivity index (χ1) is 8.24. The molecule has 1 saturated heterocycles. The molecule has 1 aliphatic rings. The van der Waals surface area contributed by atoms with Crippen molar-refractivity contribution in [2.75, 3.05) is 5.75 Å². The van der Waals surface area contributed by atoms with Gasteiger partial charge in [-0.25, -0.2) is 4.39 Å². The zero-order valence-corrected chi connectivity index (χ0v) is 9.71. The van der Waals surface area contributed by atoms with E-state index in [-0.39, 0.29) is 11.7 Å². The van der Waals surface area contributed by atoms with Gasteiger partial charge in [-0.2, -0.15) is 5.10 Å². The molecule has 1 aromatic rings. The van der Waals surface area contributed by atoms with Gasteiger partial charge in [-0.1, -0.05) is 23.9 Å². The molecule has 0 aliphatic carbocycles. The van der Waals surface area contributed by atoms with Crippen LogP contribution in [0.2, 0.25) is 0 Å². The molecule has 0 aromatic heterocycles. The summed E-state index contributed by atoms with van der Waals surface area (Å²) >= 11 is 1.45. The zero-order valence-electron chi connectivity index (χ0n) is 8.89. The number of nitrogens with one attached hydrogen (secondary N) is 1. The highest BCUT2D eigenvalue weighted by atomic mass is 32.2. The molecule has 1 aliphatic heterocycles. The molecule has 2 rings (SSSR count). The first-order valence-corrected chi connectivity index (χ1v) is 6.02. The molecular weight excluding hydrogens is 241 g/mol. The fourth-order valence-corrected chi connectivity index (χ4v) is 1.98. The van der Waals surface area contributed by atoms with Crippen LogP contribution in [0.25, 0.3) is 0 Å². The number of rotatable bonds is 2. The third-order valence-corrected chi connectivity index (χ3v) is 2.91. The maximum atomic E-state index is 12.6. The number of benzene rings is 1. The van der Waals surface area contributed by atoms with Crippen LogP contribution in [-0.2, 0) is 4.79 Å². The van der Waals surface area contributed by atoms with E-state index < -0.39 is 0 Å². The second-order valence-electron chi connectivity index (χ2n) is 3.35. The van der Waals surface area contributed by atoms with Crippen molar-refractivity contribution in [1.82, 2.24) is 5.32 Å². The van der Waals surface area contributed by atoms with Crippen molar-refractivity contribution in [2.45, 2.75) is 6.42 Å². The molecule has 1 N–H and O–H groups in total. The summed E-state index contributed by atoms with van der Waals surface area (Å²) in [6, 6.07) is 5.91. The Labute approximate surface area is 102 Å². The van der Waals surface area contributed by atoms with Gasteiger partial charge in [0.25, 0.3) is 0 Å². The van der Waals surface area contributed by atoms with Gasteiger partial charge >= 0.3 is 0 Å². The fourth-order valence-electron chi connectivity index (χ4n) is 1.21. The molecule has 6 heteroatoms. The first-order valence-electron chi connectivity index (χ1n) is 5.03. The fraction of sp³-hybridized carbons (Fsp3) is 0.182. The maximum Gasteiger partial charge on any atom is 0.226 e. The van der Waals surface area contributed by atoms with E-state index in [0.717, 1.165) is 11.3 Å². The third-order valence-electron chi connectivity index (χ3n) is 2.04. The van der Waals surface area contributed by atoms with Crippen molar-refractivity contribution in [3.8, 4) is 0 Å². The summed E-state index contributed by atoms with van der Waals surface area (Å²) in [5.41, 5.74) is 0.753. The van der Waals surface area contributed by atoms with Crippen molar-refractivity contribution in [2.24, 2.45) is 10.2 Å². The van der Waals surface area contributed by atoms with Crippen LogP contribution in [0.15, 0.2) is 34.5 Å². The third kappa shape index (κ3) is 3.67. The van der Waals surface area contributed by atoms with Gasteiger partial charge in [0.15, 0.2) is 5.17 Å². The highest BCUT2D eigenvalue weighted by Gasteiger charge is 2.13. The summed E-state index contributed by atoms with van der Waals surface area (Å²) in [5, 5.41) is 10.8. The van der Waals surface area contributed by atoms with Crippen LogP contribution >= 0.6 is 11.8 Å². The minimum absolute atomic E-state index is 0.0421. The molecular formula is C11H10FN3OS. The number of halogens is 1. The Bertz CT molecular complexity index is 470. The van der Waals surface area contributed by atoms with Gasteiger partial charge in [0.1, 0.15) is 5.82 Å². The lowest BCUT2D eigenvalue weighted by Gasteiger charge is -2.11. The highest BCUT2D eigenvalue weighted by molar-refractivity contribution is 8.14. The Morgan fingerprint density at radius 3 is 2.82 bits per heavy atom. The number of nitrogens with zero attached hydrogens (tertiary/aromatic N) is 2. The summed E-state index contributed by atoms with van der Waals surface area (Å²) in [5.74, 6) is 0.388. The van der Waals surface area contributed by atoms with Crippen LogP contribution in [-0.4, -0.2) is 23.0 Å². The normalized spacial score (nSPS) is 18.6. The number of carbonyl (C=O) groups excluding carboxylic acids is 1. The number of hydrogen-bond acceptors (Lipinski definition) is 4. The van der Waals surface area contributed by atoms with E-state index in [2.05, 4.69) is 15.5 Å². The molecule has 0 bridgehead atoms. The van der Waals surface area contributed by atoms with Crippen molar-refractivity contribution in [3.05, 3.63) is 35.6 Å². The summed E-state index contributed by atoms with van der Waals surface area (Å²) in [7, 11) is 0. The van der Waals surface area contributed by atoms with Gasteiger partial charge < -0.3 is 5.32 Å². The van der Waals surface area contributed by atoms with Crippen LogP contribution in [0.1, 0.15) is 12.0 Å². The minimum Gasteiger partial charge on any atom is -0.304 e. The topological polar surface area (TPSA) is 53.8 Å². The quantitative estimate of drug-likeness (QED) is 0.643. The van der Waals surface area contributed by atoms with E-state index in [0.29, 0.717) is 11.6 Å². The van der Waals surface area contributed by atoms with Crippen LogP contribution in [0, 0.1) is 5.82 Å². The molecule has 0 unspecified atom stereocenters. The monoisotopic (exact) mass is 251 g/mol. The van der Waals surface area contributed by atoms with Crippen molar-refractivity contribution < 1.29 is 9.18 Å². The van der Waals surface area contributed by atoms with E-state index in [4.69, 9.17) is 0 Å². The number of thioether (sulfide) groups is 1. The van der Waals surface area contributed by atoms with Gasteiger partial charge in [0.2, 0.25) is 5.91 Å². The smallest absolute Gasteiger partial charge is 0.226 e. The van der Waals surface area contributed by atoms with Gasteiger partial charge in [0, 0.05) is 12.2 Å². The Hall–Kier alpha value is -1.69. The second kappa shape index (κ2) is 5.58. The Balaban J connectivity index is 1.98. The minimum atomic E-state index is -0.288. The highest BCUT2D eigenvalue weighted by Crippen LogP contribution is 2.09. The Morgan fingerprint density at radius 2 is 2.12 bits per heavy atom. The van der Waals surface area contributed by atoms with Crippen LogP contribution < -0.4 is 5.32 Å². The van der Waals surface area contributed by atoms with E-state index in [9.17, 15) is 9.18 Å². The number of hydrogen-bond donors (Lipinski definition) is 1. The summed E-state index contributed by atoms with van der Waals surface area (Å²) in [6.45, 7) is 0. The van der Waals surface area contributed by atoms with Gasteiger partial charge in [-0.3, -0.25) is 4.79 Å². The predicted octanol–water partition coefficient (Wildman–Crippen LogP) is 1.77. The van der Waals surface area contributed by atoms with Gasteiger partial charge in [-0.15, -0.1) is 5.10 Å². The van der Waals surface area contributed by atoms with Crippen molar-refractivity contribution in [3.63, 3.8) is 0 Å². The largest absolute Gasteiger partial charge is 0.304 e.